The van der Waals surface area contributed by atoms with Gasteiger partial charge < -0.3 is 4.57 Å². The van der Waals surface area contributed by atoms with Gasteiger partial charge in [0.1, 0.15) is 0 Å². The summed E-state index contributed by atoms with van der Waals surface area (Å²) in [6.45, 7) is 3.33. The molecule has 1 heterocycles. The minimum Gasteiger partial charge on any atom is -0.354 e. The van der Waals surface area contributed by atoms with Crippen LogP contribution >= 0.6 is 0 Å². The molecule has 0 fully saturated rings. The van der Waals surface area contributed by atoms with Crippen molar-refractivity contribution in [2.24, 2.45) is 0 Å². The van der Waals surface area contributed by atoms with Gasteiger partial charge in [-0.25, -0.2) is 0 Å². The highest BCUT2D eigenvalue weighted by Crippen LogP contribution is 1.90. The Balaban J connectivity index is 2.50. The Hall–Kier alpha value is -0.720. The summed E-state index contributed by atoms with van der Waals surface area (Å²) in [5.74, 6) is 0. The smallest absolute Gasteiger partial charge is 0.0216 e. The van der Waals surface area contributed by atoms with E-state index in [9.17, 15) is 0 Å². The van der Waals surface area contributed by atoms with E-state index in [1.165, 1.54) is 6.42 Å². The van der Waals surface area contributed by atoms with Crippen molar-refractivity contribution in [3.05, 3.63) is 24.5 Å². The Morgan fingerprint density at radius 3 is 2.38 bits per heavy atom. The molecule has 0 saturated carbocycles. The van der Waals surface area contributed by atoms with Crippen LogP contribution in [0.15, 0.2) is 24.5 Å². The summed E-state index contributed by atoms with van der Waals surface area (Å²) >= 11 is 0. The molecule has 1 heteroatoms. The number of hydrogen-bond donors (Lipinski definition) is 0. The van der Waals surface area contributed by atoms with Gasteiger partial charge in [0.2, 0.25) is 0 Å². The summed E-state index contributed by atoms with van der Waals surface area (Å²) in [4.78, 5) is 0. The summed E-state index contributed by atoms with van der Waals surface area (Å²) in [5, 5.41) is 0. The van der Waals surface area contributed by atoms with Crippen LogP contribution in [-0.4, -0.2) is 4.57 Å². The molecule has 1 aromatic heterocycles. The van der Waals surface area contributed by atoms with Gasteiger partial charge in [-0.15, -0.1) is 0 Å². The predicted molar refractivity (Wildman–Crippen MR) is 34.7 cm³/mol. The lowest BCUT2D eigenvalue weighted by Gasteiger charge is -1.94. The van der Waals surface area contributed by atoms with E-state index < -0.39 is 0 Å². The molecule has 0 N–H and O–H groups in total. The van der Waals surface area contributed by atoms with Gasteiger partial charge in [0.15, 0.2) is 0 Å². The maximum absolute atomic E-state index is 2.18. The molecule has 0 aromatic carbocycles. The van der Waals surface area contributed by atoms with E-state index in [2.05, 4.69) is 36.0 Å². The van der Waals surface area contributed by atoms with Gasteiger partial charge in [-0.1, -0.05) is 6.92 Å². The van der Waals surface area contributed by atoms with Gasteiger partial charge in [0.05, 0.1) is 0 Å². The van der Waals surface area contributed by atoms with E-state index in [1.54, 1.807) is 0 Å². The van der Waals surface area contributed by atoms with Crippen molar-refractivity contribution in [2.45, 2.75) is 19.9 Å². The van der Waals surface area contributed by atoms with Gasteiger partial charge in [0, 0.05) is 18.9 Å². The van der Waals surface area contributed by atoms with Crippen molar-refractivity contribution in [3.8, 4) is 0 Å². The topological polar surface area (TPSA) is 4.93 Å². The van der Waals surface area contributed by atoms with Crippen molar-refractivity contribution in [2.75, 3.05) is 0 Å². The second kappa shape index (κ2) is 2.55. The zero-order valence-corrected chi connectivity index (χ0v) is 5.17. The fourth-order valence-electron chi connectivity index (χ4n) is 0.777. The van der Waals surface area contributed by atoms with Crippen LogP contribution < -0.4 is 0 Å². The molecule has 0 saturated heterocycles. The van der Waals surface area contributed by atoms with Crippen molar-refractivity contribution in [1.29, 1.82) is 0 Å². The molecule has 1 nitrogen and oxygen atoms in total. The molecule has 1 aromatic rings. The lowest BCUT2D eigenvalue weighted by molar-refractivity contribution is 0.683. The van der Waals surface area contributed by atoms with Crippen LogP contribution in [0.5, 0.6) is 0 Å². The Kier molecular flexibility index (Phi) is 1.73. The Labute approximate surface area is 49.9 Å². The number of aromatic nitrogens is 1. The van der Waals surface area contributed by atoms with Crippen LogP contribution in [-0.2, 0) is 6.54 Å². The maximum atomic E-state index is 2.18. The summed E-state index contributed by atoms with van der Waals surface area (Å²) in [7, 11) is 0. The number of nitrogens with zero attached hydrogens (tertiary/aromatic N) is 1. The molecule has 44 valence electrons. The van der Waals surface area contributed by atoms with Crippen molar-refractivity contribution < 1.29 is 0 Å². The van der Waals surface area contributed by atoms with E-state index in [4.69, 9.17) is 0 Å². The van der Waals surface area contributed by atoms with E-state index >= 15 is 0 Å². The average molecular weight is 109 g/mol. The van der Waals surface area contributed by atoms with Crippen LogP contribution in [0.4, 0.5) is 0 Å². The van der Waals surface area contributed by atoms with Crippen molar-refractivity contribution in [1.82, 2.24) is 4.57 Å². The summed E-state index contributed by atoms with van der Waals surface area (Å²) in [5.41, 5.74) is 0. The zero-order chi connectivity index (χ0) is 5.82. The average Bonchev–Trinajstić information content (AvgIpc) is 2.19. The van der Waals surface area contributed by atoms with E-state index in [-0.39, 0.29) is 0 Å². The molecule has 0 aliphatic carbocycles. The van der Waals surface area contributed by atoms with Crippen LogP contribution in [0.25, 0.3) is 0 Å². The van der Waals surface area contributed by atoms with Crippen LogP contribution in [0, 0.1) is 0 Å². The fraction of sp³-hybridized carbons (Fsp3) is 0.429. The third-order valence-electron chi connectivity index (χ3n) is 1.15. The standard InChI is InChI=1S/C7H11N/c1-2-5-8-6-3-4-7-8/h3-4,6-7H,2,5H2,1H3. The molecular weight excluding hydrogens is 98.1 g/mol. The van der Waals surface area contributed by atoms with Crippen molar-refractivity contribution in [3.63, 3.8) is 0 Å². The minimum atomic E-state index is 1.15. The Morgan fingerprint density at radius 2 is 1.88 bits per heavy atom. The fourth-order valence-corrected chi connectivity index (χ4v) is 0.777. The highest BCUT2D eigenvalue weighted by atomic mass is 14.9. The predicted octanol–water partition coefficient (Wildman–Crippen LogP) is 1.90. The maximum Gasteiger partial charge on any atom is 0.0216 e. The van der Waals surface area contributed by atoms with Crippen LogP contribution in [0.2, 0.25) is 0 Å². The second-order valence-electron chi connectivity index (χ2n) is 1.92. The lowest BCUT2D eigenvalue weighted by atomic mass is 10.5. The van der Waals surface area contributed by atoms with E-state index in [1.807, 2.05) is 0 Å². The van der Waals surface area contributed by atoms with Gasteiger partial charge in [-0.2, -0.15) is 0 Å². The minimum absolute atomic E-state index is 1.15. The molecular formula is C7H11N. The van der Waals surface area contributed by atoms with Crippen LogP contribution in [0.1, 0.15) is 13.3 Å². The molecule has 0 bridgehead atoms. The summed E-state index contributed by atoms with van der Waals surface area (Å²) in [6, 6.07) is 4.10. The normalized spacial score (nSPS) is 9.62. The molecule has 0 aliphatic heterocycles. The molecule has 0 aliphatic rings. The quantitative estimate of drug-likeness (QED) is 0.546. The number of aryl methyl sites for hydroxylation is 1. The monoisotopic (exact) mass is 109 g/mol. The molecule has 0 radical (unpaired) electrons. The first-order valence-corrected chi connectivity index (χ1v) is 3.04. The number of rotatable bonds is 2. The zero-order valence-electron chi connectivity index (χ0n) is 5.17. The number of hydrogen-bond acceptors (Lipinski definition) is 0. The first-order chi connectivity index (χ1) is 3.93. The highest BCUT2D eigenvalue weighted by Gasteiger charge is 1.80. The van der Waals surface area contributed by atoms with E-state index in [0.717, 1.165) is 6.54 Å². The third-order valence-corrected chi connectivity index (χ3v) is 1.15. The molecule has 8 heavy (non-hydrogen) atoms. The Morgan fingerprint density at radius 1 is 1.25 bits per heavy atom. The third kappa shape index (κ3) is 1.12. The molecule has 1 rings (SSSR count). The SMILES string of the molecule is CCCn1cccc1. The first kappa shape index (κ1) is 5.42. The largest absolute Gasteiger partial charge is 0.354 e. The second-order valence-corrected chi connectivity index (χ2v) is 1.92. The lowest BCUT2D eigenvalue weighted by Crippen LogP contribution is -1.89. The molecule has 0 unspecified atom stereocenters. The molecule has 0 atom stereocenters. The van der Waals surface area contributed by atoms with Crippen molar-refractivity contribution >= 4 is 0 Å². The highest BCUT2D eigenvalue weighted by molar-refractivity contribution is 4.89. The summed E-state index contributed by atoms with van der Waals surface area (Å²) < 4.78 is 2.18. The van der Waals surface area contributed by atoms with Gasteiger partial charge in [-0.05, 0) is 18.6 Å². The molecule has 0 spiro atoms. The molecule has 0 amide bonds. The van der Waals surface area contributed by atoms with Gasteiger partial charge in [-0.3, -0.25) is 0 Å². The van der Waals surface area contributed by atoms with Crippen LogP contribution in [0.3, 0.4) is 0 Å². The first-order valence-electron chi connectivity index (χ1n) is 3.04. The summed E-state index contributed by atoms with van der Waals surface area (Å²) in [6.07, 6.45) is 5.39. The van der Waals surface area contributed by atoms with E-state index in [0.29, 0.717) is 0 Å². The van der Waals surface area contributed by atoms with Gasteiger partial charge in [0.25, 0.3) is 0 Å². The Bertz CT molecular complexity index is 130. The van der Waals surface area contributed by atoms with Gasteiger partial charge >= 0.3 is 0 Å².